The summed E-state index contributed by atoms with van der Waals surface area (Å²) in [4.78, 5) is 13.5. The van der Waals surface area contributed by atoms with E-state index in [4.69, 9.17) is 0 Å². The second-order valence-electron chi connectivity index (χ2n) is 4.57. The van der Waals surface area contributed by atoms with Crippen molar-refractivity contribution in [3.63, 3.8) is 0 Å². The molecule has 1 aliphatic heterocycles. The topological polar surface area (TPSA) is 44.4 Å². The van der Waals surface area contributed by atoms with Gasteiger partial charge >= 0.3 is 0 Å². The number of rotatable bonds is 7. The van der Waals surface area contributed by atoms with Crippen molar-refractivity contribution in [2.24, 2.45) is 0 Å². The maximum absolute atomic E-state index is 11.0. The van der Waals surface area contributed by atoms with E-state index < -0.39 is 0 Å². The average Bonchev–Trinajstić information content (AvgIpc) is 2.81. The van der Waals surface area contributed by atoms with Gasteiger partial charge in [0.2, 0.25) is 5.91 Å². The minimum absolute atomic E-state index is 0.134. The molecule has 0 aliphatic carbocycles. The van der Waals surface area contributed by atoms with Gasteiger partial charge in [-0.3, -0.25) is 9.69 Å². The molecule has 1 amide bonds. The standard InChI is InChI=1S/C12H25N3O/c1-11(15-8-3-4-9-15)10-14-7-5-6-12(16)13-2/h11,14H,3-10H2,1-2H3,(H,13,16). The highest BCUT2D eigenvalue weighted by Crippen LogP contribution is 2.10. The fourth-order valence-electron chi connectivity index (χ4n) is 2.12. The molecule has 4 nitrogen and oxygen atoms in total. The molecule has 1 atom stereocenters. The first-order valence-electron chi connectivity index (χ1n) is 6.39. The summed E-state index contributed by atoms with van der Waals surface area (Å²) in [6, 6.07) is 0.627. The minimum atomic E-state index is 0.134. The van der Waals surface area contributed by atoms with Gasteiger partial charge in [-0.25, -0.2) is 0 Å². The SMILES string of the molecule is CNC(=O)CCCNCC(C)N1CCCC1. The third kappa shape index (κ3) is 4.94. The number of nitrogens with one attached hydrogen (secondary N) is 2. The lowest BCUT2D eigenvalue weighted by atomic mass is 10.2. The van der Waals surface area contributed by atoms with Gasteiger partial charge in [-0.1, -0.05) is 0 Å². The lowest BCUT2D eigenvalue weighted by Crippen LogP contribution is -2.38. The zero-order valence-electron chi connectivity index (χ0n) is 10.6. The molecule has 1 heterocycles. The number of likely N-dealkylation sites (tertiary alicyclic amines) is 1. The minimum Gasteiger partial charge on any atom is -0.359 e. The molecule has 0 bridgehead atoms. The van der Waals surface area contributed by atoms with Crippen molar-refractivity contribution < 1.29 is 4.79 Å². The Balaban J connectivity index is 1.95. The summed E-state index contributed by atoms with van der Waals surface area (Å²) < 4.78 is 0. The van der Waals surface area contributed by atoms with Crippen LogP contribution in [0.4, 0.5) is 0 Å². The Hall–Kier alpha value is -0.610. The highest BCUT2D eigenvalue weighted by molar-refractivity contribution is 5.75. The summed E-state index contributed by atoms with van der Waals surface area (Å²) in [6.07, 6.45) is 4.25. The zero-order valence-corrected chi connectivity index (χ0v) is 10.6. The van der Waals surface area contributed by atoms with Crippen LogP contribution in [-0.2, 0) is 4.79 Å². The number of hydrogen-bond acceptors (Lipinski definition) is 3. The summed E-state index contributed by atoms with van der Waals surface area (Å²) >= 11 is 0. The Kier molecular flexibility index (Phi) is 6.42. The first kappa shape index (κ1) is 13.5. The van der Waals surface area contributed by atoms with Crippen molar-refractivity contribution in [3.05, 3.63) is 0 Å². The Morgan fingerprint density at radius 2 is 2.06 bits per heavy atom. The second kappa shape index (κ2) is 7.63. The predicted molar refractivity (Wildman–Crippen MR) is 66.4 cm³/mol. The summed E-state index contributed by atoms with van der Waals surface area (Å²) in [5, 5.41) is 6.05. The summed E-state index contributed by atoms with van der Waals surface area (Å²) in [5.74, 6) is 0.134. The van der Waals surface area contributed by atoms with E-state index >= 15 is 0 Å². The molecule has 0 aromatic carbocycles. The number of carbonyl (C=O) groups is 1. The fraction of sp³-hybridized carbons (Fsp3) is 0.917. The first-order chi connectivity index (χ1) is 7.74. The van der Waals surface area contributed by atoms with E-state index in [9.17, 15) is 4.79 Å². The van der Waals surface area contributed by atoms with Crippen molar-refractivity contribution in [1.29, 1.82) is 0 Å². The van der Waals surface area contributed by atoms with E-state index in [0.717, 1.165) is 19.5 Å². The average molecular weight is 227 g/mol. The normalized spacial score (nSPS) is 18.6. The van der Waals surface area contributed by atoms with Crippen LogP contribution in [0.5, 0.6) is 0 Å². The van der Waals surface area contributed by atoms with Crippen LogP contribution in [0.25, 0.3) is 0 Å². The van der Waals surface area contributed by atoms with Crippen molar-refractivity contribution in [2.45, 2.75) is 38.6 Å². The maximum atomic E-state index is 11.0. The molecule has 2 N–H and O–H groups in total. The van der Waals surface area contributed by atoms with E-state index in [-0.39, 0.29) is 5.91 Å². The van der Waals surface area contributed by atoms with Crippen LogP contribution < -0.4 is 10.6 Å². The Morgan fingerprint density at radius 3 is 2.69 bits per heavy atom. The van der Waals surface area contributed by atoms with Gasteiger partial charge in [0.15, 0.2) is 0 Å². The third-order valence-corrected chi connectivity index (χ3v) is 3.24. The Morgan fingerprint density at radius 1 is 1.38 bits per heavy atom. The smallest absolute Gasteiger partial charge is 0.219 e. The zero-order chi connectivity index (χ0) is 11.8. The van der Waals surface area contributed by atoms with Crippen LogP contribution >= 0.6 is 0 Å². The van der Waals surface area contributed by atoms with Gasteiger partial charge in [-0.15, -0.1) is 0 Å². The van der Waals surface area contributed by atoms with Gasteiger partial charge in [-0.2, -0.15) is 0 Å². The highest BCUT2D eigenvalue weighted by atomic mass is 16.1. The van der Waals surface area contributed by atoms with E-state index in [1.165, 1.54) is 25.9 Å². The molecule has 1 rings (SSSR count). The molecule has 1 aliphatic rings. The van der Waals surface area contributed by atoms with E-state index in [1.807, 2.05) is 0 Å². The van der Waals surface area contributed by atoms with E-state index in [2.05, 4.69) is 22.5 Å². The summed E-state index contributed by atoms with van der Waals surface area (Å²) in [7, 11) is 1.69. The van der Waals surface area contributed by atoms with Crippen molar-refractivity contribution in [3.8, 4) is 0 Å². The number of carbonyl (C=O) groups excluding carboxylic acids is 1. The molecule has 0 spiro atoms. The highest BCUT2D eigenvalue weighted by Gasteiger charge is 2.16. The molecule has 94 valence electrons. The fourth-order valence-corrected chi connectivity index (χ4v) is 2.12. The van der Waals surface area contributed by atoms with Crippen molar-refractivity contribution in [2.75, 3.05) is 33.2 Å². The van der Waals surface area contributed by atoms with Crippen molar-refractivity contribution >= 4 is 5.91 Å². The molecular formula is C12H25N3O. The molecule has 4 heteroatoms. The summed E-state index contributed by atoms with van der Waals surface area (Å²) in [6.45, 7) is 6.75. The summed E-state index contributed by atoms with van der Waals surface area (Å²) in [5.41, 5.74) is 0. The molecular weight excluding hydrogens is 202 g/mol. The molecule has 0 aromatic heterocycles. The van der Waals surface area contributed by atoms with Crippen LogP contribution in [0.1, 0.15) is 32.6 Å². The van der Waals surface area contributed by atoms with Crippen molar-refractivity contribution in [1.82, 2.24) is 15.5 Å². The van der Waals surface area contributed by atoms with Gasteiger partial charge in [0, 0.05) is 26.1 Å². The van der Waals surface area contributed by atoms with E-state index in [0.29, 0.717) is 12.5 Å². The maximum Gasteiger partial charge on any atom is 0.219 e. The third-order valence-electron chi connectivity index (χ3n) is 3.24. The molecule has 0 radical (unpaired) electrons. The molecule has 1 unspecified atom stereocenters. The first-order valence-corrected chi connectivity index (χ1v) is 6.39. The van der Waals surface area contributed by atoms with Crippen LogP contribution in [0.15, 0.2) is 0 Å². The van der Waals surface area contributed by atoms with Gasteiger partial charge < -0.3 is 10.6 Å². The Labute approximate surface area is 98.8 Å². The van der Waals surface area contributed by atoms with E-state index in [1.54, 1.807) is 7.05 Å². The lowest BCUT2D eigenvalue weighted by Gasteiger charge is -2.23. The molecule has 16 heavy (non-hydrogen) atoms. The second-order valence-corrected chi connectivity index (χ2v) is 4.57. The number of amides is 1. The van der Waals surface area contributed by atoms with Crippen LogP contribution in [-0.4, -0.2) is 50.1 Å². The molecule has 1 fully saturated rings. The monoisotopic (exact) mass is 227 g/mol. The Bertz CT molecular complexity index is 202. The predicted octanol–water partition coefficient (Wildman–Crippen LogP) is 0.587. The number of nitrogens with zero attached hydrogens (tertiary/aromatic N) is 1. The molecule has 0 aromatic rings. The van der Waals surface area contributed by atoms with Crippen LogP contribution in [0.3, 0.4) is 0 Å². The van der Waals surface area contributed by atoms with Gasteiger partial charge in [0.05, 0.1) is 0 Å². The number of hydrogen-bond donors (Lipinski definition) is 2. The van der Waals surface area contributed by atoms with Gasteiger partial charge in [0.25, 0.3) is 0 Å². The molecule has 1 saturated heterocycles. The van der Waals surface area contributed by atoms with Gasteiger partial charge in [-0.05, 0) is 45.8 Å². The molecule has 0 saturated carbocycles. The van der Waals surface area contributed by atoms with Crippen LogP contribution in [0.2, 0.25) is 0 Å². The van der Waals surface area contributed by atoms with Gasteiger partial charge in [0.1, 0.15) is 0 Å². The lowest BCUT2D eigenvalue weighted by molar-refractivity contribution is -0.120. The van der Waals surface area contributed by atoms with Crippen LogP contribution in [0, 0.1) is 0 Å². The largest absolute Gasteiger partial charge is 0.359 e. The quantitative estimate of drug-likeness (QED) is 0.626.